The van der Waals surface area contributed by atoms with Crippen molar-refractivity contribution in [3.8, 4) is 22.6 Å². The van der Waals surface area contributed by atoms with Crippen molar-refractivity contribution in [1.29, 1.82) is 0 Å². The molecule has 1 saturated heterocycles. The van der Waals surface area contributed by atoms with Crippen molar-refractivity contribution in [1.82, 2.24) is 9.88 Å². The van der Waals surface area contributed by atoms with Crippen LogP contribution in [0.2, 0.25) is 0 Å². The molecule has 0 atom stereocenters. The van der Waals surface area contributed by atoms with E-state index in [1.807, 2.05) is 55.5 Å². The number of para-hydroxylation sites is 1. The topological polar surface area (TPSA) is 84.0 Å². The quantitative estimate of drug-likeness (QED) is 0.206. The lowest BCUT2D eigenvalue weighted by molar-refractivity contribution is 0.0358. The maximum Gasteiger partial charge on any atom is 0.352 e. The monoisotopic (exact) mass is 542 g/mol. The molecule has 0 amide bonds. The Balaban J connectivity index is 1.21. The first-order chi connectivity index (χ1) is 19.5. The van der Waals surface area contributed by atoms with Gasteiger partial charge in [0.25, 0.3) is 0 Å². The average molecular weight is 543 g/mol. The van der Waals surface area contributed by atoms with Crippen LogP contribution in [0.5, 0.6) is 11.5 Å². The number of hydrogen-bond donors (Lipinski definition) is 2. The first-order valence-electron chi connectivity index (χ1n) is 14.1. The van der Waals surface area contributed by atoms with E-state index in [-0.39, 0.29) is 5.69 Å². The van der Waals surface area contributed by atoms with Gasteiger partial charge in [-0.05, 0) is 67.5 Å². The Morgan fingerprint density at radius 2 is 1.62 bits per heavy atom. The Morgan fingerprint density at radius 3 is 2.35 bits per heavy atom. The number of aryl methyl sites for hydroxylation is 3. The van der Waals surface area contributed by atoms with Crippen LogP contribution in [0, 0.1) is 13.8 Å². The molecule has 1 aliphatic heterocycles. The lowest BCUT2D eigenvalue weighted by Crippen LogP contribution is -2.37. The van der Waals surface area contributed by atoms with Gasteiger partial charge in [0.2, 0.25) is 0 Å². The number of aromatic carboxylic acids is 1. The standard InChI is InChI=1S/C33H38N2O5/c1-23-20-25(22-26(21-23)40-17-7-13-35-14-18-38-19-15-35)39-16-6-12-30-29-11-5-10-28(27-9-4-3-8-24(27)2)31(29)34-32(30)33(36)37/h3-5,8-11,20-22,34H,6-7,12-19H2,1-2H3,(H,36,37). The van der Waals surface area contributed by atoms with Gasteiger partial charge in [-0.3, -0.25) is 4.90 Å². The summed E-state index contributed by atoms with van der Waals surface area (Å²) in [5.74, 6) is 0.629. The van der Waals surface area contributed by atoms with Gasteiger partial charge in [-0.1, -0.05) is 42.5 Å². The van der Waals surface area contributed by atoms with E-state index in [1.54, 1.807) is 0 Å². The van der Waals surface area contributed by atoms with Crippen LogP contribution in [0.4, 0.5) is 0 Å². The third-order valence-corrected chi connectivity index (χ3v) is 7.45. The number of carboxylic acids is 1. The van der Waals surface area contributed by atoms with Crippen molar-refractivity contribution in [3.05, 3.63) is 83.0 Å². The fourth-order valence-corrected chi connectivity index (χ4v) is 5.44. The molecule has 4 aromatic rings. The van der Waals surface area contributed by atoms with Gasteiger partial charge >= 0.3 is 5.97 Å². The molecule has 1 aromatic heterocycles. The maximum atomic E-state index is 12.1. The molecule has 5 rings (SSSR count). The predicted molar refractivity (Wildman–Crippen MR) is 158 cm³/mol. The van der Waals surface area contributed by atoms with Gasteiger partial charge < -0.3 is 24.3 Å². The Bertz CT molecular complexity index is 1450. The van der Waals surface area contributed by atoms with Crippen LogP contribution in [-0.4, -0.2) is 67.0 Å². The van der Waals surface area contributed by atoms with Crippen LogP contribution in [-0.2, 0) is 11.2 Å². The number of H-pyrrole nitrogens is 1. The summed E-state index contributed by atoms with van der Waals surface area (Å²) >= 11 is 0. The molecule has 7 heteroatoms. The maximum absolute atomic E-state index is 12.1. The molecule has 2 heterocycles. The summed E-state index contributed by atoms with van der Waals surface area (Å²) in [5.41, 5.74) is 6.26. The lowest BCUT2D eigenvalue weighted by atomic mass is 9.97. The summed E-state index contributed by atoms with van der Waals surface area (Å²) in [6.07, 6.45) is 2.24. The normalized spacial score (nSPS) is 13.9. The number of benzene rings is 3. The number of hydrogen-bond acceptors (Lipinski definition) is 5. The summed E-state index contributed by atoms with van der Waals surface area (Å²) in [4.78, 5) is 17.8. The van der Waals surface area contributed by atoms with Crippen LogP contribution in [0.1, 0.15) is 40.0 Å². The minimum Gasteiger partial charge on any atom is -0.493 e. The Kier molecular flexibility index (Phi) is 9.04. The second-order valence-electron chi connectivity index (χ2n) is 10.4. The third kappa shape index (κ3) is 6.66. The van der Waals surface area contributed by atoms with Gasteiger partial charge in [-0.15, -0.1) is 0 Å². The number of nitrogens with zero attached hydrogens (tertiary/aromatic N) is 1. The first-order valence-corrected chi connectivity index (χ1v) is 14.1. The number of aromatic nitrogens is 1. The Labute approximate surface area is 235 Å². The van der Waals surface area contributed by atoms with E-state index in [0.717, 1.165) is 89.5 Å². The fourth-order valence-electron chi connectivity index (χ4n) is 5.44. The number of ether oxygens (including phenoxy) is 3. The number of aromatic amines is 1. The smallest absolute Gasteiger partial charge is 0.352 e. The summed E-state index contributed by atoms with van der Waals surface area (Å²) in [7, 11) is 0. The number of fused-ring (bicyclic) bond motifs is 1. The second kappa shape index (κ2) is 13.0. The Hall–Kier alpha value is -3.81. The molecule has 2 N–H and O–H groups in total. The number of carbonyl (C=O) groups is 1. The van der Waals surface area contributed by atoms with Gasteiger partial charge in [-0.2, -0.15) is 0 Å². The van der Waals surface area contributed by atoms with Gasteiger partial charge in [0, 0.05) is 36.7 Å². The van der Waals surface area contributed by atoms with Crippen molar-refractivity contribution in [2.24, 2.45) is 0 Å². The zero-order valence-electron chi connectivity index (χ0n) is 23.4. The summed E-state index contributed by atoms with van der Waals surface area (Å²) < 4.78 is 17.5. The molecule has 0 aliphatic carbocycles. The number of carboxylic acid groups (broad SMARTS) is 1. The number of nitrogens with one attached hydrogen (secondary N) is 1. The van der Waals surface area contributed by atoms with E-state index in [4.69, 9.17) is 14.2 Å². The largest absolute Gasteiger partial charge is 0.493 e. The third-order valence-electron chi connectivity index (χ3n) is 7.45. The second-order valence-corrected chi connectivity index (χ2v) is 10.4. The van der Waals surface area contributed by atoms with Gasteiger partial charge in [0.15, 0.2) is 0 Å². The molecule has 3 aromatic carbocycles. The van der Waals surface area contributed by atoms with Gasteiger partial charge in [0.1, 0.15) is 17.2 Å². The molecule has 0 unspecified atom stereocenters. The molecular weight excluding hydrogens is 504 g/mol. The summed E-state index contributed by atoms with van der Waals surface area (Å²) in [6, 6.07) is 20.2. The molecule has 0 saturated carbocycles. The van der Waals surface area contributed by atoms with Crippen molar-refractivity contribution < 1.29 is 24.1 Å². The van der Waals surface area contributed by atoms with Crippen molar-refractivity contribution >= 4 is 16.9 Å². The van der Waals surface area contributed by atoms with Gasteiger partial charge in [0.05, 0.1) is 31.9 Å². The highest BCUT2D eigenvalue weighted by molar-refractivity contribution is 6.03. The van der Waals surface area contributed by atoms with Crippen LogP contribution < -0.4 is 9.47 Å². The molecular formula is C33H38N2O5. The zero-order valence-corrected chi connectivity index (χ0v) is 23.4. The highest BCUT2D eigenvalue weighted by Crippen LogP contribution is 2.34. The van der Waals surface area contributed by atoms with Crippen LogP contribution >= 0.6 is 0 Å². The highest BCUT2D eigenvalue weighted by Gasteiger charge is 2.19. The molecule has 0 radical (unpaired) electrons. The van der Waals surface area contributed by atoms with E-state index in [2.05, 4.69) is 28.9 Å². The van der Waals surface area contributed by atoms with E-state index in [1.165, 1.54) is 0 Å². The SMILES string of the molecule is Cc1cc(OCCCc2c(C(=O)O)[nH]c3c(-c4ccccc4C)cccc23)cc(OCCCN2CCOCC2)c1. The minimum absolute atomic E-state index is 0.249. The summed E-state index contributed by atoms with van der Waals surface area (Å²) in [6.45, 7) is 9.85. The van der Waals surface area contributed by atoms with Crippen LogP contribution in [0.15, 0.2) is 60.7 Å². The minimum atomic E-state index is -0.947. The molecule has 40 heavy (non-hydrogen) atoms. The predicted octanol–water partition coefficient (Wildman–Crippen LogP) is 6.26. The fraction of sp³-hybridized carbons (Fsp3) is 0.364. The van der Waals surface area contributed by atoms with E-state index in [0.29, 0.717) is 26.1 Å². The molecule has 1 aliphatic rings. The first kappa shape index (κ1) is 27.7. The average Bonchev–Trinajstić information content (AvgIpc) is 3.33. The van der Waals surface area contributed by atoms with Crippen molar-refractivity contribution in [3.63, 3.8) is 0 Å². The van der Waals surface area contributed by atoms with Crippen molar-refractivity contribution in [2.75, 3.05) is 46.1 Å². The van der Waals surface area contributed by atoms with E-state index < -0.39 is 5.97 Å². The lowest BCUT2D eigenvalue weighted by Gasteiger charge is -2.26. The van der Waals surface area contributed by atoms with Crippen molar-refractivity contribution in [2.45, 2.75) is 33.1 Å². The Morgan fingerprint density at radius 1 is 0.925 bits per heavy atom. The van der Waals surface area contributed by atoms with E-state index >= 15 is 0 Å². The number of rotatable bonds is 12. The van der Waals surface area contributed by atoms with E-state index in [9.17, 15) is 9.90 Å². The van der Waals surface area contributed by atoms with Crippen LogP contribution in [0.3, 0.4) is 0 Å². The molecule has 210 valence electrons. The molecule has 0 spiro atoms. The van der Waals surface area contributed by atoms with Gasteiger partial charge in [-0.25, -0.2) is 4.79 Å². The zero-order chi connectivity index (χ0) is 27.9. The highest BCUT2D eigenvalue weighted by atomic mass is 16.5. The molecule has 0 bridgehead atoms. The number of morpholine rings is 1. The molecule has 1 fully saturated rings. The summed E-state index contributed by atoms with van der Waals surface area (Å²) in [5, 5.41) is 10.9. The molecule has 7 nitrogen and oxygen atoms in total. The van der Waals surface area contributed by atoms with Crippen LogP contribution in [0.25, 0.3) is 22.0 Å².